The summed E-state index contributed by atoms with van der Waals surface area (Å²) in [6.45, 7) is 0. The number of benzene rings is 1. The Morgan fingerprint density at radius 2 is 2.04 bits per heavy atom. The van der Waals surface area contributed by atoms with Crippen LogP contribution in [-0.4, -0.2) is 22.1 Å². The number of thiophene rings is 1. The molecule has 0 aliphatic rings. The highest BCUT2D eigenvalue weighted by molar-refractivity contribution is 7.18. The number of rotatable bonds is 4. The van der Waals surface area contributed by atoms with Crippen molar-refractivity contribution in [3.63, 3.8) is 0 Å². The third-order valence-corrected chi connectivity index (χ3v) is 4.72. The highest BCUT2D eigenvalue weighted by atomic mass is 32.1. The van der Waals surface area contributed by atoms with Crippen LogP contribution in [0.1, 0.15) is 0 Å². The Kier molecular flexibility index (Phi) is 3.91. The minimum Gasteiger partial charge on any atom is -0.497 e. The number of aromatic nitrogens is 3. The Hall–Kier alpha value is -3.19. The summed E-state index contributed by atoms with van der Waals surface area (Å²) in [6, 6.07) is 13.2. The minimum atomic E-state index is 0.129. The van der Waals surface area contributed by atoms with E-state index in [4.69, 9.17) is 4.74 Å². The summed E-state index contributed by atoms with van der Waals surface area (Å²) in [6.07, 6.45) is 1.66. The summed E-state index contributed by atoms with van der Waals surface area (Å²) in [5.41, 5.74) is 3.14. The van der Waals surface area contributed by atoms with E-state index in [1.807, 2.05) is 41.8 Å². The van der Waals surface area contributed by atoms with E-state index in [1.165, 1.54) is 11.3 Å². The predicted octanol–water partition coefficient (Wildman–Crippen LogP) is 4.83. The maximum atomic E-state index is 11.3. The molecule has 0 spiro atoms. The molecule has 0 aliphatic carbocycles. The predicted molar refractivity (Wildman–Crippen MR) is 98.1 cm³/mol. The molecule has 1 aromatic carbocycles. The molecule has 25 heavy (non-hydrogen) atoms. The Morgan fingerprint density at radius 3 is 2.80 bits per heavy atom. The number of pyridine rings is 1. The van der Waals surface area contributed by atoms with Crippen LogP contribution in [0.2, 0.25) is 0 Å². The largest absolute Gasteiger partial charge is 0.497 e. The molecule has 3 heterocycles. The van der Waals surface area contributed by atoms with Gasteiger partial charge in [-0.15, -0.1) is 16.2 Å². The van der Waals surface area contributed by atoms with Crippen LogP contribution in [-0.2, 0) is 0 Å². The van der Waals surface area contributed by atoms with E-state index in [0.717, 1.165) is 16.9 Å². The molecule has 6 nitrogen and oxygen atoms in total. The number of nitroso groups, excluding NO2 is 1. The van der Waals surface area contributed by atoms with Gasteiger partial charge in [0.05, 0.1) is 12.6 Å². The third-order valence-electron chi connectivity index (χ3n) is 3.76. The quantitative estimate of drug-likeness (QED) is 0.494. The lowest BCUT2D eigenvalue weighted by Crippen LogP contribution is -1.92. The van der Waals surface area contributed by atoms with Gasteiger partial charge in [-0.05, 0) is 35.0 Å². The maximum absolute atomic E-state index is 11.3. The van der Waals surface area contributed by atoms with Crippen LogP contribution < -0.4 is 4.74 Å². The van der Waals surface area contributed by atoms with Gasteiger partial charge in [-0.3, -0.25) is 4.98 Å². The molecule has 0 radical (unpaired) electrons. The highest BCUT2D eigenvalue weighted by Gasteiger charge is 2.17. The standard InChI is InChI=1S/C18H12N4O2S/c1-24-12-6-4-5-11(9-12)13-10-25-16-15(13)20-17(21-18(16)22-23)14-7-2-3-8-19-14/h2-10H,1H3. The van der Waals surface area contributed by atoms with Crippen molar-refractivity contribution in [3.8, 4) is 28.4 Å². The zero-order valence-corrected chi connectivity index (χ0v) is 14.0. The third kappa shape index (κ3) is 2.74. The molecule has 4 rings (SSSR count). The van der Waals surface area contributed by atoms with E-state index < -0.39 is 0 Å². The van der Waals surface area contributed by atoms with Gasteiger partial charge in [0, 0.05) is 17.1 Å². The molecular weight excluding hydrogens is 336 g/mol. The molecule has 0 amide bonds. The number of ether oxygens (including phenoxy) is 1. The fraction of sp³-hybridized carbons (Fsp3) is 0.0556. The smallest absolute Gasteiger partial charge is 0.218 e. The van der Waals surface area contributed by atoms with Gasteiger partial charge in [0.1, 0.15) is 16.1 Å². The van der Waals surface area contributed by atoms with Crippen molar-refractivity contribution >= 4 is 27.4 Å². The molecule has 0 saturated carbocycles. The Balaban J connectivity index is 1.96. The highest BCUT2D eigenvalue weighted by Crippen LogP contribution is 2.38. The molecule has 7 heteroatoms. The van der Waals surface area contributed by atoms with Crippen LogP contribution in [0.4, 0.5) is 5.82 Å². The van der Waals surface area contributed by atoms with Crippen molar-refractivity contribution in [2.24, 2.45) is 5.18 Å². The van der Waals surface area contributed by atoms with Gasteiger partial charge >= 0.3 is 0 Å². The SMILES string of the molecule is COc1cccc(-c2csc3c(N=O)nc(-c4ccccn4)nc23)c1. The lowest BCUT2D eigenvalue weighted by molar-refractivity contribution is 0.415. The van der Waals surface area contributed by atoms with Crippen molar-refractivity contribution in [3.05, 3.63) is 58.9 Å². The Bertz CT molecular complexity index is 1060. The van der Waals surface area contributed by atoms with Crippen LogP contribution in [0.3, 0.4) is 0 Å². The van der Waals surface area contributed by atoms with Gasteiger partial charge in [-0.25, -0.2) is 9.97 Å². The van der Waals surface area contributed by atoms with Crippen LogP contribution in [0.15, 0.2) is 59.2 Å². The first-order chi connectivity index (χ1) is 12.3. The molecule has 0 atom stereocenters. The van der Waals surface area contributed by atoms with E-state index in [9.17, 15) is 4.91 Å². The number of hydrogen-bond acceptors (Lipinski definition) is 7. The first-order valence-corrected chi connectivity index (χ1v) is 8.36. The number of nitrogens with zero attached hydrogens (tertiary/aromatic N) is 4. The fourth-order valence-corrected chi connectivity index (χ4v) is 3.51. The summed E-state index contributed by atoms with van der Waals surface area (Å²) in [5.74, 6) is 1.26. The number of methoxy groups -OCH3 is 1. The summed E-state index contributed by atoms with van der Waals surface area (Å²) >= 11 is 1.40. The maximum Gasteiger partial charge on any atom is 0.218 e. The molecule has 122 valence electrons. The molecule has 0 fully saturated rings. The zero-order valence-electron chi connectivity index (χ0n) is 13.2. The summed E-state index contributed by atoms with van der Waals surface area (Å²) in [5, 5.41) is 5.03. The molecule has 0 N–H and O–H groups in total. The number of fused-ring (bicyclic) bond motifs is 1. The van der Waals surface area contributed by atoms with E-state index >= 15 is 0 Å². The van der Waals surface area contributed by atoms with Gasteiger partial charge in [0.2, 0.25) is 5.82 Å². The lowest BCUT2D eigenvalue weighted by atomic mass is 10.1. The molecule has 3 aromatic heterocycles. The minimum absolute atomic E-state index is 0.129. The van der Waals surface area contributed by atoms with E-state index in [0.29, 0.717) is 21.7 Å². The average molecular weight is 348 g/mol. The second kappa shape index (κ2) is 6.37. The van der Waals surface area contributed by atoms with Crippen molar-refractivity contribution in [2.75, 3.05) is 7.11 Å². The first kappa shape index (κ1) is 15.3. The molecule has 0 unspecified atom stereocenters. The van der Waals surface area contributed by atoms with Gasteiger partial charge in [-0.1, -0.05) is 18.2 Å². The summed E-state index contributed by atoms with van der Waals surface area (Å²) in [4.78, 5) is 24.4. The van der Waals surface area contributed by atoms with Crippen molar-refractivity contribution < 1.29 is 4.74 Å². The molecule has 0 bridgehead atoms. The fourth-order valence-electron chi connectivity index (χ4n) is 2.57. The Morgan fingerprint density at radius 1 is 1.12 bits per heavy atom. The summed E-state index contributed by atoms with van der Waals surface area (Å²) < 4.78 is 5.95. The van der Waals surface area contributed by atoms with E-state index in [-0.39, 0.29) is 5.82 Å². The van der Waals surface area contributed by atoms with Crippen LogP contribution in [0.5, 0.6) is 5.75 Å². The van der Waals surface area contributed by atoms with Crippen molar-refractivity contribution in [1.82, 2.24) is 15.0 Å². The van der Waals surface area contributed by atoms with Gasteiger partial charge in [0.15, 0.2) is 5.82 Å². The van der Waals surface area contributed by atoms with E-state index in [1.54, 1.807) is 19.4 Å². The van der Waals surface area contributed by atoms with Gasteiger partial charge in [0.25, 0.3) is 0 Å². The molecule has 0 aliphatic heterocycles. The number of hydrogen-bond donors (Lipinski definition) is 0. The molecule has 4 aromatic rings. The monoisotopic (exact) mass is 348 g/mol. The zero-order chi connectivity index (χ0) is 17.2. The van der Waals surface area contributed by atoms with Gasteiger partial charge < -0.3 is 4.74 Å². The average Bonchev–Trinajstić information content (AvgIpc) is 3.12. The normalized spacial score (nSPS) is 10.8. The molecule has 0 saturated heterocycles. The second-order valence-electron chi connectivity index (χ2n) is 5.24. The van der Waals surface area contributed by atoms with Gasteiger partial charge in [-0.2, -0.15) is 0 Å². The van der Waals surface area contributed by atoms with Crippen LogP contribution >= 0.6 is 11.3 Å². The Labute approximate surface area is 147 Å². The van der Waals surface area contributed by atoms with Crippen molar-refractivity contribution in [2.45, 2.75) is 0 Å². The first-order valence-electron chi connectivity index (χ1n) is 7.48. The van der Waals surface area contributed by atoms with Crippen LogP contribution in [0, 0.1) is 4.91 Å². The van der Waals surface area contributed by atoms with E-state index in [2.05, 4.69) is 20.1 Å². The van der Waals surface area contributed by atoms with Crippen molar-refractivity contribution in [1.29, 1.82) is 0 Å². The lowest BCUT2D eigenvalue weighted by Gasteiger charge is -2.05. The second-order valence-corrected chi connectivity index (χ2v) is 6.12. The molecular formula is C18H12N4O2S. The summed E-state index contributed by atoms with van der Waals surface area (Å²) in [7, 11) is 1.63. The van der Waals surface area contributed by atoms with Crippen LogP contribution in [0.25, 0.3) is 32.9 Å². The topological polar surface area (TPSA) is 77.3 Å².